The molecule has 0 radical (unpaired) electrons. The van der Waals surface area contributed by atoms with Crippen LogP contribution in [0.5, 0.6) is 5.75 Å². The predicted octanol–water partition coefficient (Wildman–Crippen LogP) is 2.86. The quantitative estimate of drug-likeness (QED) is 0.868. The lowest BCUT2D eigenvalue weighted by Gasteiger charge is -2.30. The topological polar surface area (TPSA) is 38.5 Å². The van der Waals surface area contributed by atoms with E-state index >= 15 is 0 Å². The standard InChI is InChI=1S/C17H28N2O/c1-13(2)16(18)8-10-19(3)12-14-9-11-20-17-7-5-4-6-15(14)17/h4-7,13-14,16H,8-12,18H2,1-3H3. The van der Waals surface area contributed by atoms with Gasteiger partial charge in [0.25, 0.3) is 0 Å². The van der Waals surface area contributed by atoms with Gasteiger partial charge in [0, 0.05) is 18.5 Å². The van der Waals surface area contributed by atoms with Crippen molar-refractivity contribution in [3.63, 3.8) is 0 Å². The second kappa shape index (κ2) is 7.09. The smallest absolute Gasteiger partial charge is 0.122 e. The van der Waals surface area contributed by atoms with Gasteiger partial charge in [-0.3, -0.25) is 0 Å². The van der Waals surface area contributed by atoms with Crippen molar-refractivity contribution in [3.8, 4) is 5.75 Å². The minimum Gasteiger partial charge on any atom is -0.493 e. The lowest BCUT2D eigenvalue weighted by Crippen LogP contribution is -2.34. The van der Waals surface area contributed by atoms with Gasteiger partial charge in [-0.25, -0.2) is 0 Å². The summed E-state index contributed by atoms with van der Waals surface area (Å²) in [5, 5.41) is 0. The Morgan fingerprint density at radius 2 is 2.10 bits per heavy atom. The van der Waals surface area contributed by atoms with E-state index in [-0.39, 0.29) is 0 Å². The fraction of sp³-hybridized carbons (Fsp3) is 0.647. The third-order valence-electron chi connectivity index (χ3n) is 4.32. The Morgan fingerprint density at radius 1 is 1.35 bits per heavy atom. The Balaban J connectivity index is 1.88. The van der Waals surface area contributed by atoms with E-state index in [0.29, 0.717) is 17.9 Å². The lowest BCUT2D eigenvalue weighted by molar-refractivity contribution is 0.226. The molecular formula is C17H28N2O. The molecule has 0 saturated heterocycles. The summed E-state index contributed by atoms with van der Waals surface area (Å²) in [5.41, 5.74) is 7.49. The zero-order chi connectivity index (χ0) is 14.5. The summed E-state index contributed by atoms with van der Waals surface area (Å²) in [6.07, 6.45) is 2.18. The predicted molar refractivity (Wildman–Crippen MR) is 84.2 cm³/mol. The third-order valence-corrected chi connectivity index (χ3v) is 4.32. The van der Waals surface area contributed by atoms with Crippen LogP contribution in [0.25, 0.3) is 0 Å². The maximum Gasteiger partial charge on any atom is 0.122 e. The number of ether oxygens (including phenoxy) is 1. The summed E-state index contributed by atoms with van der Waals surface area (Å²) in [4.78, 5) is 2.41. The van der Waals surface area contributed by atoms with Gasteiger partial charge >= 0.3 is 0 Å². The largest absolute Gasteiger partial charge is 0.493 e. The van der Waals surface area contributed by atoms with E-state index in [2.05, 4.69) is 44.0 Å². The van der Waals surface area contributed by atoms with Crippen molar-refractivity contribution in [2.24, 2.45) is 11.7 Å². The van der Waals surface area contributed by atoms with Crippen LogP contribution in [0.1, 0.15) is 38.2 Å². The van der Waals surface area contributed by atoms with Crippen molar-refractivity contribution in [1.82, 2.24) is 4.90 Å². The SMILES string of the molecule is CC(C)C(N)CCN(C)CC1CCOc2ccccc21. The average molecular weight is 276 g/mol. The van der Waals surface area contributed by atoms with Gasteiger partial charge in [0.15, 0.2) is 0 Å². The number of rotatable bonds is 6. The number of nitrogens with zero attached hydrogens (tertiary/aromatic N) is 1. The highest BCUT2D eigenvalue weighted by Crippen LogP contribution is 2.33. The first-order valence-corrected chi connectivity index (χ1v) is 7.73. The fourth-order valence-electron chi connectivity index (χ4n) is 2.78. The second-order valence-corrected chi connectivity index (χ2v) is 6.33. The Morgan fingerprint density at radius 3 is 2.85 bits per heavy atom. The molecule has 1 heterocycles. The number of benzene rings is 1. The van der Waals surface area contributed by atoms with Crippen molar-refractivity contribution in [2.45, 2.75) is 38.6 Å². The van der Waals surface area contributed by atoms with Crippen LogP contribution in [0, 0.1) is 5.92 Å². The molecule has 0 aliphatic carbocycles. The van der Waals surface area contributed by atoms with Gasteiger partial charge in [0.05, 0.1) is 6.61 Å². The molecule has 20 heavy (non-hydrogen) atoms. The van der Waals surface area contributed by atoms with Crippen molar-refractivity contribution in [3.05, 3.63) is 29.8 Å². The Hall–Kier alpha value is -1.06. The summed E-state index contributed by atoms with van der Waals surface area (Å²) in [5.74, 6) is 2.21. The number of fused-ring (bicyclic) bond motifs is 1. The molecular weight excluding hydrogens is 248 g/mol. The lowest BCUT2D eigenvalue weighted by atomic mass is 9.92. The van der Waals surface area contributed by atoms with E-state index in [9.17, 15) is 0 Å². The number of likely N-dealkylation sites (N-methyl/N-ethyl adjacent to an activating group) is 1. The van der Waals surface area contributed by atoms with Gasteiger partial charge in [-0.05, 0) is 44.0 Å². The molecule has 0 saturated carbocycles. The van der Waals surface area contributed by atoms with E-state index in [1.54, 1.807) is 0 Å². The molecule has 0 fully saturated rings. The number of nitrogens with two attached hydrogens (primary N) is 1. The first-order chi connectivity index (χ1) is 9.58. The van der Waals surface area contributed by atoms with Crippen LogP contribution in [0.2, 0.25) is 0 Å². The van der Waals surface area contributed by atoms with Crippen LogP contribution >= 0.6 is 0 Å². The van der Waals surface area contributed by atoms with Crippen molar-refractivity contribution >= 4 is 0 Å². The highest BCUT2D eigenvalue weighted by atomic mass is 16.5. The van der Waals surface area contributed by atoms with E-state index < -0.39 is 0 Å². The summed E-state index contributed by atoms with van der Waals surface area (Å²) >= 11 is 0. The average Bonchev–Trinajstić information content (AvgIpc) is 2.45. The first-order valence-electron chi connectivity index (χ1n) is 7.73. The Kier molecular flexibility index (Phi) is 5.44. The van der Waals surface area contributed by atoms with E-state index in [1.807, 2.05) is 6.07 Å². The minimum absolute atomic E-state index is 0.305. The molecule has 2 atom stereocenters. The maximum atomic E-state index is 6.13. The van der Waals surface area contributed by atoms with Crippen LogP contribution in [-0.4, -0.2) is 37.7 Å². The fourth-order valence-corrected chi connectivity index (χ4v) is 2.78. The molecule has 2 unspecified atom stereocenters. The van der Waals surface area contributed by atoms with E-state index in [1.165, 1.54) is 5.56 Å². The molecule has 3 nitrogen and oxygen atoms in total. The van der Waals surface area contributed by atoms with Gasteiger partial charge in [-0.1, -0.05) is 32.0 Å². The zero-order valence-corrected chi connectivity index (χ0v) is 13.0. The van der Waals surface area contributed by atoms with Crippen LogP contribution in [-0.2, 0) is 0 Å². The molecule has 3 heteroatoms. The van der Waals surface area contributed by atoms with E-state index in [0.717, 1.165) is 38.3 Å². The Labute approximate surface area is 123 Å². The van der Waals surface area contributed by atoms with Crippen molar-refractivity contribution < 1.29 is 4.74 Å². The van der Waals surface area contributed by atoms with Crippen LogP contribution in [0.4, 0.5) is 0 Å². The number of hydrogen-bond donors (Lipinski definition) is 1. The summed E-state index contributed by atoms with van der Waals surface area (Å²) < 4.78 is 5.73. The van der Waals surface area contributed by atoms with Gasteiger partial charge in [0.2, 0.25) is 0 Å². The van der Waals surface area contributed by atoms with Crippen LogP contribution in [0.15, 0.2) is 24.3 Å². The van der Waals surface area contributed by atoms with Crippen LogP contribution < -0.4 is 10.5 Å². The van der Waals surface area contributed by atoms with Crippen LogP contribution in [0.3, 0.4) is 0 Å². The molecule has 2 rings (SSSR count). The molecule has 0 aromatic heterocycles. The monoisotopic (exact) mass is 276 g/mol. The highest BCUT2D eigenvalue weighted by Gasteiger charge is 2.22. The molecule has 1 aliphatic rings. The third kappa shape index (κ3) is 3.97. The summed E-state index contributed by atoms with van der Waals surface area (Å²) in [6.45, 7) is 7.38. The van der Waals surface area contributed by atoms with E-state index in [4.69, 9.17) is 10.5 Å². The van der Waals surface area contributed by atoms with Crippen molar-refractivity contribution in [2.75, 3.05) is 26.7 Å². The maximum absolute atomic E-state index is 6.13. The molecule has 2 N–H and O–H groups in total. The molecule has 0 bridgehead atoms. The highest BCUT2D eigenvalue weighted by molar-refractivity contribution is 5.37. The zero-order valence-electron chi connectivity index (χ0n) is 13.0. The summed E-state index contributed by atoms with van der Waals surface area (Å²) in [6, 6.07) is 8.74. The molecule has 0 amide bonds. The van der Waals surface area contributed by atoms with Gasteiger partial charge < -0.3 is 15.4 Å². The number of para-hydroxylation sites is 1. The first kappa shape index (κ1) is 15.3. The van der Waals surface area contributed by atoms with Gasteiger partial charge in [-0.2, -0.15) is 0 Å². The minimum atomic E-state index is 0.305. The van der Waals surface area contributed by atoms with Gasteiger partial charge in [-0.15, -0.1) is 0 Å². The summed E-state index contributed by atoms with van der Waals surface area (Å²) in [7, 11) is 2.20. The van der Waals surface area contributed by atoms with Gasteiger partial charge in [0.1, 0.15) is 5.75 Å². The van der Waals surface area contributed by atoms with Crippen molar-refractivity contribution in [1.29, 1.82) is 0 Å². The normalized spacial score (nSPS) is 19.8. The Bertz CT molecular complexity index is 419. The molecule has 112 valence electrons. The molecule has 0 spiro atoms. The molecule has 1 aromatic carbocycles. The molecule has 1 aliphatic heterocycles. The number of hydrogen-bond acceptors (Lipinski definition) is 3. The second-order valence-electron chi connectivity index (χ2n) is 6.33. The molecule has 1 aromatic rings.